The third kappa shape index (κ3) is 3.20. The number of aryl methyl sites for hydroxylation is 1. The molecule has 0 atom stereocenters. The maximum atomic E-state index is 12.7. The van der Waals surface area contributed by atoms with E-state index in [0.29, 0.717) is 34.6 Å². The molecular weight excluding hydrogens is 318 g/mol. The van der Waals surface area contributed by atoms with Gasteiger partial charge in [-0.25, -0.2) is 0 Å². The van der Waals surface area contributed by atoms with Gasteiger partial charge >= 0.3 is 0 Å². The summed E-state index contributed by atoms with van der Waals surface area (Å²) < 4.78 is 0. The zero-order valence-electron chi connectivity index (χ0n) is 14.6. The van der Waals surface area contributed by atoms with E-state index in [-0.39, 0.29) is 17.6 Å². The van der Waals surface area contributed by atoms with Crippen LogP contribution in [0.25, 0.3) is 0 Å². The molecule has 1 heterocycles. The fourth-order valence-corrected chi connectivity index (χ4v) is 3.28. The molecule has 0 unspecified atom stereocenters. The minimum Gasteiger partial charge on any atom is -0.354 e. The normalized spacial score (nSPS) is 13.3. The molecule has 3 rings (SSSR count). The second kappa shape index (κ2) is 6.55. The number of anilines is 2. The number of carbonyl (C=O) groups excluding carboxylic acids is 3. The monoisotopic (exact) mass is 339 g/mol. The highest BCUT2D eigenvalue weighted by atomic mass is 16.2. The summed E-state index contributed by atoms with van der Waals surface area (Å²) >= 11 is 0. The van der Waals surface area contributed by atoms with E-state index in [9.17, 15) is 14.4 Å². The third-order valence-electron chi connectivity index (χ3n) is 4.56. The number of benzene rings is 1. The number of H-pyrrole nitrogens is 1. The van der Waals surface area contributed by atoms with Crippen LogP contribution in [0.2, 0.25) is 0 Å². The van der Waals surface area contributed by atoms with E-state index in [2.05, 4.69) is 15.6 Å². The molecular formula is C19H21N3O3. The highest BCUT2D eigenvalue weighted by Gasteiger charge is 2.26. The molecule has 1 aliphatic carbocycles. The molecule has 130 valence electrons. The molecule has 1 aromatic carbocycles. The average molecular weight is 339 g/mol. The summed E-state index contributed by atoms with van der Waals surface area (Å²) in [7, 11) is 0. The number of Topliss-reactive ketones (excluding diaryl/α,β-unsaturated/α-hetero) is 1. The molecule has 6 heteroatoms. The molecule has 2 aromatic rings. The zero-order chi connectivity index (χ0) is 18.1. The predicted molar refractivity (Wildman–Crippen MR) is 96.2 cm³/mol. The van der Waals surface area contributed by atoms with E-state index in [0.717, 1.165) is 24.1 Å². The van der Waals surface area contributed by atoms with Gasteiger partial charge in [-0.3, -0.25) is 14.4 Å². The maximum absolute atomic E-state index is 12.7. The van der Waals surface area contributed by atoms with Crippen LogP contribution in [0.4, 0.5) is 11.4 Å². The van der Waals surface area contributed by atoms with Crippen LogP contribution in [0.15, 0.2) is 18.2 Å². The Balaban J connectivity index is 1.89. The number of ketones is 1. The van der Waals surface area contributed by atoms with Crippen LogP contribution in [-0.2, 0) is 11.2 Å². The van der Waals surface area contributed by atoms with Gasteiger partial charge in [0.05, 0.1) is 0 Å². The SMILES string of the molecule is CC(=O)Nc1cccc(NC(=O)c2[nH]c3c(c2C)C(=O)CCC3)c1C. The van der Waals surface area contributed by atoms with Crippen molar-refractivity contribution in [3.63, 3.8) is 0 Å². The van der Waals surface area contributed by atoms with Gasteiger partial charge in [0.25, 0.3) is 5.91 Å². The Bertz CT molecular complexity index is 880. The molecule has 0 spiro atoms. The number of fused-ring (bicyclic) bond motifs is 1. The Kier molecular flexibility index (Phi) is 4.44. The Morgan fingerprint density at radius 1 is 1.04 bits per heavy atom. The summed E-state index contributed by atoms with van der Waals surface area (Å²) in [4.78, 5) is 39.2. The lowest BCUT2D eigenvalue weighted by Gasteiger charge is -2.12. The fraction of sp³-hybridized carbons (Fsp3) is 0.316. The number of aromatic nitrogens is 1. The van der Waals surface area contributed by atoms with Gasteiger partial charge in [-0.2, -0.15) is 0 Å². The molecule has 3 N–H and O–H groups in total. The van der Waals surface area contributed by atoms with Crippen LogP contribution in [0.3, 0.4) is 0 Å². The number of hydrogen-bond acceptors (Lipinski definition) is 3. The Morgan fingerprint density at radius 3 is 2.36 bits per heavy atom. The van der Waals surface area contributed by atoms with Gasteiger partial charge in [0.15, 0.2) is 5.78 Å². The molecule has 0 bridgehead atoms. The second-order valence-corrected chi connectivity index (χ2v) is 6.37. The minimum atomic E-state index is -0.289. The van der Waals surface area contributed by atoms with Crippen LogP contribution in [-0.4, -0.2) is 22.6 Å². The number of carbonyl (C=O) groups is 3. The van der Waals surface area contributed by atoms with Crippen LogP contribution in [0, 0.1) is 13.8 Å². The van der Waals surface area contributed by atoms with E-state index in [1.807, 2.05) is 6.92 Å². The third-order valence-corrected chi connectivity index (χ3v) is 4.56. The summed E-state index contributed by atoms with van der Waals surface area (Å²) in [5, 5.41) is 5.61. The van der Waals surface area contributed by atoms with E-state index < -0.39 is 0 Å². The highest BCUT2D eigenvalue weighted by Crippen LogP contribution is 2.28. The van der Waals surface area contributed by atoms with Crippen molar-refractivity contribution < 1.29 is 14.4 Å². The number of hydrogen-bond donors (Lipinski definition) is 3. The lowest BCUT2D eigenvalue weighted by Crippen LogP contribution is -2.16. The first-order valence-corrected chi connectivity index (χ1v) is 8.31. The quantitative estimate of drug-likeness (QED) is 0.801. The van der Waals surface area contributed by atoms with E-state index in [1.54, 1.807) is 25.1 Å². The molecule has 1 aliphatic rings. The molecule has 0 radical (unpaired) electrons. The first kappa shape index (κ1) is 17.0. The second-order valence-electron chi connectivity index (χ2n) is 6.37. The van der Waals surface area contributed by atoms with Crippen LogP contribution in [0.5, 0.6) is 0 Å². The van der Waals surface area contributed by atoms with Crippen molar-refractivity contribution in [1.82, 2.24) is 4.98 Å². The number of amides is 2. The first-order valence-electron chi connectivity index (χ1n) is 8.31. The van der Waals surface area contributed by atoms with Crippen molar-refractivity contribution in [2.45, 2.75) is 40.0 Å². The topological polar surface area (TPSA) is 91.1 Å². The largest absolute Gasteiger partial charge is 0.354 e. The van der Waals surface area contributed by atoms with Crippen molar-refractivity contribution in [2.24, 2.45) is 0 Å². The van der Waals surface area contributed by atoms with Gasteiger partial charge in [-0.05, 0) is 49.9 Å². The molecule has 0 saturated heterocycles. The maximum Gasteiger partial charge on any atom is 0.272 e. The standard InChI is InChI=1S/C19H21N3O3/c1-10-13(20-12(3)23)6-4-7-14(10)22-19(25)18-11(2)17-15(21-18)8-5-9-16(17)24/h4,6-7,21H,5,8-9H2,1-3H3,(H,20,23)(H,22,25). The van der Waals surface area contributed by atoms with E-state index >= 15 is 0 Å². The summed E-state index contributed by atoms with van der Waals surface area (Å²) in [5.74, 6) is -0.362. The van der Waals surface area contributed by atoms with Gasteiger partial charge < -0.3 is 15.6 Å². The first-order chi connectivity index (χ1) is 11.9. The van der Waals surface area contributed by atoms with Crippen molar-refractivity contribution >= 4 is 29.0 Å². The van der Waals surface area contributed by atoms with E-state index in [4.69, 9.17) is 0 Å². The summed E-state index contributed by atoms with van der Waals surface area (Å²) in [6.07, 6.45) is 2.13. The Labute approximate surface area is 146 Å². The van der Waals surface area contributed by atoms with Crippen molar-refractivity contribution in [3.8, 4) is 0 Å². The van der Waals surface area contributed by atoms with Gasteiger partial charge in [0, 0.05) is 36.0 Å². The van der Waals surface area contributed by atoms with E-state index in [1.165, 1.54) is 6.92 Å². The molecule has 0 aliphatic heterocycles. The van der Waals surface area contributed by atoms with Crippen molar-refractivity contribution in [3.05, 3.63) is 46.3 Å². The van der Waals surface area contributed by atoms with Gasteiger partial charge in [0.1, 0.15) is 5.69 Å². The number of nitrogens with one attached hydrogen (secondary N) is 3. The van der Waals surface area contributed by atoms with Crippen LogP contribution in [0.1, 0.15) is 57.4 Å². The molecule has 2 amide bonds. The van der Waals surface area contributed by atoms with Crippen molar-refractivity contribution in [2.75, 3.05) is 10.6 Å². The average Bonchev–Trinajstić information content (AvgIpc) is 2.89. The Hall–Kier alpha value is -2.89. The van der Waals surface area contributed by atoms with Crippen LogP contribution < -0.4 is 10.6 Å². The number of rotatable bonds is 3. The molecule has 0 fully saturated rings. The van der Waals surface area contributed by atoms with Crippen molar-refractivity contribution in [1.29, 1.82) is 0 Å². The Morgan fingerprint density at radius 2 is 1.72 bits per heavy atom. The minimum absolute atomic E-state index is 0.0953. The summed E-state index contributed by atoms with van der Waals surface area (Å²) in [5.41, 5.74) is 4.69. The summed E-state index contributed by atoms with van der Waals surface area (Å²) in [6.45, 7) is 5.07. The lowest BCUT2D eigenvalue weighted by atomic mass is 9.94. The molecule has 6 nitrogen and oxygen atoms in total. The predicted octanol–water partition coefficient (Wildman–Crippen LogP) is 3.36. The lowest BCUT2D eigenvalue weighted by molar-refractivity contribution is -0.114. The molecule has 25 heavy (non-hydrogen) atoms. The molecule has 0 saturated carbocycles. The van der Waals surface area contributed by atoms with Crippen LogP contribution >= 0.6 is 0 Å². The van der Waals surface area contributed by atoms with Gasteiger partial charge in [-0.1, -0.05) is 6.07 Å². The molecule has 1 aromatic heterocycles. The summed E-state index contributed by atoms with van der Waals surface area (Å²) in [6, 6.07) is 5.33. The fourth-order valence-electron chi connectivity index (χ4n) is 3.28. The van der Waals surface area contributed by atoms with Gasteiger partial charge in [0.2, 0.25) is 5.91 Å². The smallest absolute Gasteiger partial charge is 0.272 e. The number of aromatic amines is 1. The zero-order valence-corrected chi connectivity index (χ0v) is 14.6. The highest BCUT2D eigenvalue weighted by molar-refractivity contribution is 6.09. The van der Waals surface area contributed by atoms with Gasteiger partial charge in [-0.15, -0.1) is 0 Å².